The van der Waals surface area contributed by atoms with Gasteiger partial charge in [0, 0.05) is 17.5 Å². The second-order valence-corrected chi connectivity index (χ2v) is 5.60. The molecule has 0 aliphatic rings. The fourth-order valence-corrected chi connectivity index (χ4v) is 2.84. The van der Waals surface area contributed by atoms with E-state index in [1.54, 1.807) is 29.4 Å². The zero-order chi connectivity index (χ0) is 15.4. The summed E-state index contributed by atoms with van der Waals surface area (Å²) in [4.78, 5) is 15.0. The third kappa shape index (κ3) is 4.01. The number of ether oxygens (including phenoxy) is 1. The van der Waals surface area contributed by atoms with Gasteiger partial charge in [-0.2, -0.15) is 8.78 Å². The quantitative estimate of drug-likeness (QED) is 0.837. The van der Waals surface area contributed by atoms with Gasteiger partial charge in [-0.05, 0) is 42.1 Å². The van der Waals surface area contributed by atoms with Crippen molar-refractivity contribution >= 4 is 17.2 Å². The van der Waals surface area contributed by atoms with Crippen LogP contribution in [0.5, 0.6) is 5.75 Å². The molecule has 0 bridgehead atoms. The van der Waals surface area contributed by atoms with Crippen molar-refractivity contribution in [2.75, 3.05) is 7.05 Å². The molecule has 112 valence electrons. The highest BCUT2D eigenvalue weighted by molar-refractivity contribution is 7.10. The molecule has 0 aliphatic carbocycles. The second-order valence-electron chi connectivity index (χ2n) is 4.59. The Bertz CT molecular complexity index is 628. The second kappa shape index (κ2) is 6.67. The van der Waals surface area contributed by atoms with Crippen molar-refractivity contribution in [3.05, 3.63) is 51.7 Å². The molecule has 0 spiro atoms. The zero-order valence-electron chi connectivity index (χ0n) is 11.7. The monoisotopic (exact) mass is 311 g/mol. The van der Waals surface area contributed by atoms with Gasteiger partial charge in [0.1, 0.15) is 5.75 Å². The number of aryl methyl sites for hydroxylation is 1. The van der Waals surface area contributed by atoms with E-state index in [4.69, 9.17) is 0 Å². The standard InChI is InChI=1S/C15H15F2NO2S/c1-10-6-7-21-13(10)9-18(2)14(19)11-4-3-5-12(8-11)20-15(16)17/h3-8,15H,9H2,1-2H3. The van der Waals surface area contributed by atoms with Crippen molar-refractivity contribution in [3.8, 4) is 5.75 Å². The lowest BCUT2D eigenvalue weighted by Crippen LogP contribution is -2.26. The van der Waals surface area contributed by atoms with Crippen LogP contribution in [0.2, 0.25) is 0 Å². The summed E-state index contributed by atoms with van der Waals surface area (Å²) in [6.45, 7) is -0.425. The predicted molar refractivity (Wildman–Crippen MR) is 77.9 cm³/mol. The van der Waals surface area contributed by atoms with Crippen molar-refractivity contribution in [3.63, 3.8) is 0 Å². The van der Waals surface area contributed by atoms with Crippen molar-refractivity contribution in [2.24, 2.45) is 0 Å². The number of hydrogen-bond donors (Lipinski definition) is 0. The fraction of sp³-hybridized carbons (Fsp3) is 0.267. The first-order valence-corrected chi connectivity index (χ1v) is 7.18. The third-order valence-corrected chi connectivity index (χ3v) is 4.01. The number of rotatable bonds is 5. The van der Waals surface area contributed by atoms with E-state index in [2.05, 4.69) is 4.74 Å². The van der Waals surface area contributed by atoms with E-state index in [0.717, 1.165) is 10.4 Å². The molecule has 0 N–H and O–H groups in total. The van der Waals surface area contributed by atoms with E-state index in [9.17, 15) is 13.6 Å². The van der Waals surface area contributed by atoms with E-state index >= 15 is 0 Å². The molecule has 0 atom stereocenters. The lowest BCUT2D eigenvalue weighted by molar-refractivity contribution is -0.0499. The summed E-state index contributed by atoms with van der Waals surface area (Å²) < 4.78 is 28.7. The number of alkyl halides is 2. The molecule has 2 aromatic rings. The first kappa shape index (κ1) is 15.4. The SMILES string of the molecule is Cc1ccsc1CN(C)C(=O)c1cccc(OC(F)F)c1. The molecule has 0 saturated heterocycles. The number of amides is 1. The van der Waals surface area contributed by atoms with Crippen LogP contribution in [0.25, 0.3) is 0 Å². The summed E-state index contributed by atoms with van der Waals surface area (Å²) in [6.07, 6.45) is 0. The van der Waals surface area contributed by atoms with E-state index in [1.807, 2.05) is 18.4 Å². The summed E-state index contributed by atoms with van der Waals surface area (Å²) in [5.41, 5.74) is 1.46. The smallest absolute Gasteiger partial charge is 0.387 e. The molecule has 0 unspecified atom stereocenters. The van der Waals surface area contributed by atoms with Crippen LogP contribution < -0.4 is 4.74 Å². The molecule has 21 heavy (non-hydrogen) atoms. The maximum atomic E-state index is 12.3. The first-order chi connectivity index (χ1) is 9.97. The fourth-order valence-electron chi connectivity index (χ4n) is 1.88. The van der Waals surface area contributed by atoms with Gasteiger partial charge in [-0.3, -0.25) is 4.79 Å². The number of thiophene rings is 1. The number of benzene rings is 1. The lowest BCUT2D eigenvalue weighted by Gasteiger charge is -2.17. The van der Waals surface area contributed by atoms with Crippen molar-refractivity contribution in [1.29, 1.82) is 0 Å². The first-order valence-electron chi connectivity index (χ1n) is 6.30. The van der Waals surface area contributed by atoms with E-state index in [1.165, 1.54) is 18.2 Å². The maximum Gasteiger partial charge on any atom is 0.387 e. The van der Waals surface area contributed by atoms with Crippen LogP contribution >= 0.6 is 11.3 Å². The van der Waals surface area contributed by atoms with Crippen LogP contribution in [-0.2, 0) is 6.54 Å². The van der Waals surface area contributed by atoms with Crippen LogP contribution in [0.3, 0.4) is 0 Å². The van der Waals surface area contributed by atoms with E-state index in [0.29, 0.717) is 12.1 Å². The normalized spacial score (nSPS) is 10.7. The van der Waals surface area contributed by atoms with Gasteiger partial charge >= 0.3 is 6.61 Å². The Morgan fingerprint density at radius 1 is 1.38 bits per heavy atom. The summed E-state index contributed by atoms with van der Waals surface area (Å²) in [6, 6.07) is 7.82. The van der Waals surface area contributed by atoms with Gasteiger partial charge in [-0.25, -0.2) is 0 Å². The number of halogens is 2. The van der Waals surface area contributed by atoms with Crippen molar-refractivity contribution in [2.45, 2.75) is 20.1 Å². The minimum absolute atomic E-state index is 0.0171. The molecule has 1 amide bonds. The summed E-state index contributed by atoms with van der Waals surface area (Å²) in [5, 5.41) is 1.97. The Morgan fingerprint density at radius 2 is 2.14 bits per heavy atom. The third-order valence-electron chi connectivity index (χ3n) is 3.00. The molecular formula is C15H15F2NO2S. The number of nitrogens with zero attached hydrogens (tertiary/aromatic N) is 1. The Balaban J connectivity index is 2.10. The Kier molecular flexibility index (Phi) is 4.90. The van der Waals surface area contributed by atoms with Gasteiger partial charge < -0.3 is 9.64 Å². The number of carbonyl (C=O) groups is 1. The molecule has 2 rings (SSSR count). The predicted octanol–water partition coefficient (Wildman–Crippen LogP) is 3.93. The van der Waals surface area contributed by atoms with Gasteiger partial charge in [0.05, 0.1) is 6.54 Å². The largest absolute Gasteiger partial charge is 0.435 e. The molecule has 0 fully saturated rings. The van der Waals surface area contributed by atoms with Crippen LogP contribution in [-0.4, -0.2) is 24.5 Å². The molecule has 0 radical (unpaired) electrons. The molecule has 1 aromatic heterocycles. The Hall–Kier alpha value is -1.95. The highest BCUT2D eigenvalue weighted by Crippen LogP contribution is 2.20. The van der Waals surface area contributed by atoms with Gasteiger partial charge in [0.15, 0.2) is 0 Å². The lowest BCUT2D eigenvalue weighted by atomic mass is 10.2. The zero-order valence-corrected chi connectivity index (χ0v) is 12.5. The van der Waals surface area contributed by atoms with Crippen LogP contribution in [0.1, 0.15) is 20.8 Å². The summed E-state index contributed by atoms with van der Waals surface area (Å²) in [7, 11) is 1.68. The van der Waals surface area contributed by atoms with Gasteiger partial charge in [0.2, 0.25) is 0 Å². The minimum Gasteiger partial charge on any atom is -0.435 e. The van der Waals surface area contributed by atoms with Crippen molar-refractivity contribution < 1.29 is 18.3 Å². The van der Waals surface area contributed by atoms with Gasteiger partial charge in [-0.1, -0.05) is 6.07 Å². The van der Waals surface area contributed by atoms with Gasteiger partial charge in [-0.15, -0.1) is 11.3 Å². The molecule has 1 aromatic carbocycles. The number of hydrogen-bond acceptors (Lipinski definition) is 3. The van der Waals surface area contributed by atoms with E-state index in [-0.39, 0.29) is 11.7 Å². The minimum atomic E-state index is -2.90. The van der Waals surface area contributed by atoms with Crippen molar-refractivity contribution in [1.82, 2.24) is 4.90 Å². The van der Waals surface area contributed by atoms with Gasteiger partial charge in [0.25, 0.3) is 5.91 Å². The van der Waals surface area contributed by atoms with Crippen LogP contribution in [0.15, 0.2) is 35.7 Å². The van der Waals surface area contributed by atoms with Crippen LogP contribution in [0.4, 0.5) is 8.78 Å². The highest BCUT2D eigenvalue weighted by atomic mass is 32.1. The van der Waals surface area contributed by atoms with Crippen LogP contribution in [0, 0.1) is 6.92 Å². The summed E-state index contributed by atoms with van der Waals surface area (Å²) >= 11 is 1.58. The Morgan fingerprint density at radius 3 is 2.76 bits per heavy atom. The molecule has 0 saturated carbocycles. The molecule has 6 heteroatoms. The summed E-state index contributed by atoms with van der Waals surface area (Å²) in [5.74, 6) is -0.251. The topological polar surface area (TPSA) is 29.5 Å². The molecule has 0 aliphatic heterocycles. The molecular weight excluding hydrogens is 296 g/mol. The average Bonchev–Trinajstić information content (AvgIpc) is 2.83. The maximum absolute atomic E-state index is 12.3. The molecule has 1 heterocycles. The average molecular weight is 311 g/mol. The Labute approximate surface area is 125 Å². The van der Waals surface area contributed by atoms with E-state index < -0.39 is 6.61 Å². The highest BCUT2D eigenvalue weighted by Gasteiger charge is 2.15. The number of carbonyl (C=O) groups excluding carboxylic acids is 1. The molecule has 3 nitrogen and oxygen atoms in total.